The van der Waals surface area contributed by atoms with Crippen LogP contribution >= 0.6 is 0 Å². The number of carbonyl (C=O) groups excluding carboxylic acids is 2. The van der Waals surface area contributed by atoms with Gasteiger partial charge < -0.3 is 15.2 Å². The normalized spacial score (nSPS) is 12.0. The summed E-state index contributed by atoms with van der Waals surface area (Å²) in [5, 5.41) is 11.1. The lowest BCUT2D eigenvalue weighted by molar-refractivity contribution is -0.150. The Labute approximate surface area is 297 Å². The predicted octanol–water partition coefficient (Wildman–Crippen LogP) is 12.6. The van der Waals surface area contributed by atoms with Crippen LogP contribution in [0.4, 0.5) is 0 Å². The second kappa shape index (κ2) is 38.0. The van der Waals surface area contributed by atoms with Crippen LogP contribution in [-0.4, -0.2) is 35.6 Å². The number of allylic oxidation sites excluding steroid dienone is 2. The van der Waals surface area contributed by atoms with Crippen LogP contribution in [0.1, 0.15) is 226 Å². The Bertz CT molecular complexity index is 752. The Kier molecular flexibility index (Phi) is 36.5. The minimum atomic E-state index is -1.01. The van der Waals surface area contributed by atoms with Crippen molar-refractivity contribution in [2.45, 2.75) is 232 Å². The summed E-state index contributed by atoms with van der Waals surface area (Å²) in [6.07, 6.45) is 43.3. The third-order valence-electron chi connectivity index (χ3n) is 9.44. The summed E-state index contributed by atoms with van der Waals surface area (Å²) in [4.78, 5) is 34.9. The first-order chi connectivity index (χ1) is 23.5. The van der Waals surface area contributed by atoms with E-state index in [4.69, 9.17) is 9.84 Å². The summed E-state index contributed by atoms with van der Waals surface area (Å²) in [7, 11) is 0. The number of amides is 1. The van der Waals surface area contributed by atoms with Gasteiger partial charge in [0.25, 0.3) is 0 Å². The zero-order chi connectivity index (χ0) is 35.2. The van der Waals surface area contributed by atoms with Crippen LogP contribution in [0.5, 0.6) is 0 Å². The van der Waals surface area contributed by atoms with E-state index in [1.165, 1.54) is 135 Å². The van der Waals surface area contributed by atoms with E-state index in [9.17, 15) is 14.4 Å². The maximum absolute atomic E-state index is 12.7. The highest BCUT2D eigenvalue weighted by molar-refractivity contribution is 5.80. The lowest BCUT2D eigenvalue weighted by Crippen LogP contribution is -2.28. The number of hydrogen-bond acceptors (Lipinski definition) is 4. The molecule has 0 aromatic rings. The average Bonchev–Trinajstić information content (AvgIpc) is 3.07. The van der Waals surface area contributed by atoms with Gasteiger partial charge in [0.15, 0.2) is 0 Å². The Balaban J connectivity index is 4.06. The molecular formula is C42H79NO5. The first-order valence-electron chi connectivity index (χ1n) is 20.8. The van der Waals surface area contributed by atoms with E-state index in [1.807, 2.05) is 0 Å². The van der Waals surface area contributed by atoms with Gasteiger partial charge in [-0.3, -0.25) is 14.4 Å². The number of rotatable bonds is 38. The van der Waals surface area contributed by atoms with Crippen molar-refractivity contribution in [1.82, 2.24) is 5.32 Å². The van der Waals surface area contributed by atoms with Crippen LogP contribution < -0.4 is 5.32 Å². The molecule has 0 bridgehead atoms. The molecule has 0 radical (unpaired) electrons. The molecule has 6 nitrogen and oxygen atoms in total. The van der Waals surface area contributed by atoms with Gasteiger partial charge >= 0.3 is 11.9 Å². The lowest BCUT2D eigenvalue weighted by atomic mass is 10.0. The molecule has 48 heavy (non-hydrogen) atoms. The van der Waals surface area contributed by atoms with E-state index in [2.05, 4.69) is 31.3 Å². The van der Waals surface area contributed by atoms with Crippen molar-refractivity contribution in [3.05, 3.63) is 12.2 Å². The summed E-state index contributed by atoms with van der Waals surface area (Å²) in [5.74, 6) is -1.22. The highest BCUT2D eigenvalue weighted by atomic mass is 16.5. The number of carbonyl (C=O) groups is 3. The fraction of sp³-hybridized carbons (Fsp3) is 0.881. The van der Waals surface area contributed by atoms with Crippen LogP contribution in [-0.2, 0) is 19.1 Å². The topological polar surface area (TPSA) is 92.7 Å². The Morgan fingerprint density at radius 3 is 1.33 bits per heavy atom. The van der Waals surface area contributed by atoms with Gasteiger partial charge in [0.2, 0.25) is 5.91 Å². The number of hydrogen-bond donors (Lipinski definition) is 2. The Morgan fingerprint density at radius 2 is 0.896 bits per heavy atom. The van der Waals surface area contributed by atoms with Crippen molar-refractivity contribution < 1.29 is 24.2 Å². The standard InChI is InChI=1S/C42H79NO5/c1-3-5-7-9-11-13-14-15-16-17-18-19-20-22-24-29-33-37-42(47)48-39(34-30-26-23-21-12-10-8-6-4-2)35-31-27-25-28-32-36-40(44)43-38-41(45)46/h15-16,39H,3-14,17-38H2,1-2H3,(H,43,44)(H,45,46)/b16-15-. The number of carboxylic acids is 1. The van der Waals surface area contributed by atoms with Crippen LogP contribution in [0.3, 0.4) is 0 Å². The van der Waals surface area contributed by atoms with Crippen molar-refractivity contribution in [2.24, 2.45) is 0 Å². The SMILES string of the molecule is CCCCCCCC/C=C\CCCCCCCCCC(=O)OC(CCCCCCCCCCC)CCCCCCCC(=O)NCC(=O)O. The van der Waals surface area contributed by atoms with E-state index in [0.717, 1.165) is 64.2 Å². The van der Waals surface area contributed by atoms with Crippen LogP contribution in [0, 0.1) is 0 Å². The number of esters is 1. The molecule has 2 N–H and O–H groups in total. The van der Waals surface area contributed by atoms with E-state index in [-0.39, 0.29) is 24.5 Å². The van der Waals surface area contributed by atoms with E-state index in [0.29, 0.717) is 12.8 Å². The van der Waals surface area contributed by atoms with Gasteiger partial charge in [0.05, 0.1) is 0 Å². The molecule has 1 amide bonds. The van der Waals surface area contributed by atoms with Gasteiger partial charge in [-0.1, -0.05) is 161 Å². The van der Waals surface area contributed by atoms with E-state index < -0.39 is 5.97 Å². The molecule has 1 atom stereocenters. The number of ether oxygens (including phenoxy) is 1. The molecule has 0 aliphatic rings. The van der Waals surface area contributed by atoms with Crippen LogP contribution in [0.2, 0.25) is 0 Å². The highest BCUT2D eigenvalue weighted by Gasteiger charge is 2.14. The average molecular weight is 678 g/mol. The quantitative estimate of drug-likeness (QED) is 0.0385. The molecule has 6 heteroatoms. The molecule has 0 aliphatic heterocycles. The molecule has 0 aliphatic carbocycles. The minimum absolute atomic E-state index is 0.0176. The molecule has 0 saturated carbocycles. The third kappa shape index (κ3) is 37.0. The molecule has 282 valence electrons. The first kappa shape index (κ1) is 46.1. The Morgan fingerprint density at radius 1 is 0.521 bits per heavy atom. The van der Waals surface area contributed by atoms with Crippen molar-refractivity contribution in [1.29, 1.82) is 0 Å². The fourth-order valence-electron chi connectivity index (χ4n) is 6.33. The summed E-state index contributed by atoms with van der Waals surface area (Å²) in [6, 6.07) is 0. The monoisotopic (exact) mass is 678 g/mol. The number of nitrogens with one attached hydrogen (secondary N) is 1. The first-order valence-corrected chi connectivity index (χ1v) is 20.8. The van der Waals surface area contributed by atoms with Crippen LogP contribution in [0.25, 0.3) is 0 Å². The maximum Gasteiger partial charge on any atom is 0.322 e. The lowest BCUT2D eigenvalue weighted by Gasteiger charge is -2.18. The predicted molar refractivity (Wildman–Crippen MR) is 203 cm³/mol. The number of unbranched alkanes of at least 4 members (excludes halogenated alkanes) is 25. The maximum atomic E-state index is 12.7. The smallest absolute Gasteiger partial charge is 0.322 e. The molecule has 0 fully saturated rings. The summed E-state index contributed by atoms with van der Waals surface area (Å²) in [5.41, 5.74) is 0. The van der Waals surface area contributed by atoms with Gasteiger partial charge in [-0.2, -0.15) is 0 Å². The van der Waals surface area contributed by atoms with Crippen molar-refractivity contribution in [2.75, 3.05) is 6.54 Å². The van der Waals surface area contributed by atoms with Gasteiger partial charge in [-0.05, 0) is 64.2 Å². The second-order valence-corrected chi connectivity index (χ2v) is 14.2. The summed E-state index contributed by atoms with van der Waals surface area (Å²) >= 11 is 0. The van der Waals surface area contributed by atoms with Gasteiger partial charge in [-0.15, -0.1) is 0 Å². The van der Waals surface area contributed by atoms with E-state index >= 15 is 0 Å². The van der Waals surface area contributed by atoms with Crippen LogP contribution in [0.15, 0.2) is 12.2 Å². The van der Waals surface area contributed by atoms with Gasteiger partial charge in [0, 0.05) is 12.8 Å². The summed E-state index contributed by atoms with van der Waals surface area (Å²) < 4.78 is 6.01. The summed E-state index contributed by atoms with van der Waals surface area (Å²) in [6.45, 7) is 4.22. The Hall–Kier alpha value is -1.85. The molecule has 0 aromatic carbocycles. The fourth-order valence-corrected chi connectivity index (χ4v) is 6.33. The van der Waals surface area contributed by atoms with Crippen molar-refractivity contribution >= 4 is 17.8 Å². The van der Waals surface area contributed by atoms with Crippen molar-refractivity contribution in [3.63, 3.8) is 0 Å². The third-order valence-corrected chi connectivity index (χ3v) is 9.44. The number of aliphatic carboxylic acids is 1. The largest absolute Gasteiger partial charge is 0.480 e. The zero-order valence-corrected chi connectivity index (χ0v) is 31.9. The van der Waals surface area contributed by atoms with Gasteiger partial charge in [0.1, 0.15) is 12.6 Å². The van der Waals surface area contributed by atoms with E-state index in [1.54, 1.807) is 0 Å². The molecule has 0 saturated heterocycles. The molecule has 0 aromatic heterocycles. The molecular weight excluding hydrogens is 598 g/mol. The highest BCUT2D eigenvalue weighted by Crippen LogP contribution is 2.19. The second-order valence-electron chi connectivity index (χ2n) is 14.2. The number of carboxylic acid groups (broad SMARTS) is 1. The minimum Gasteiger partial charge on any atom is -0.480 e. The molecule has 0 spiro atoms. The van der Waals surface area contributed by atoms with Gasteiger partial charge in [-0.25, -0.2) is 0 Å². The molecule has 1 unspecified atom stereocenters. The van der Waals surface area contributed by atoms with Crippen molar-refractivity contribution in [3.8, 4) is 0 Å². The zero-order valence-electron chi connectivity index (χ0n) is 31.9. The molecule has 0 rings (SSSR count). The molecule has 0 heterocycles.